The second kappa shape index (κ2) is 8.79. The van der Waals surface area contributed by atoms with E-state index in [9.17, 15) is 17.6 Å². The summed E-state index contributed by atoms with van der Waals surface area (Å²) in [5.74, 6) is -0.797. The number of hydrogen-bond acceptors (Lipinski definition) is 4. The molecule has 1 N–H and O–H groups in total. The van der Waals surface area contributed by atoms with E-state index < -0.39 is 15.8 Å². The molecule has 1 heterocycles. The zero-order valence-electron chi connectivity index (χ0n) is 16.3. The third-order valence-electron chi connectivity index (χ3n) is 4.97. The minimum atomic E-state index is -3.76. The Morgan fingerprint density at radius 1 is 1.10 bits per heavy atom. The van der Waals surface area contributed by atoms with Crippen LogP contribution < -0.4 is 5.32 Å². The summed E-state index contributed by atoms with van der Waals surface area (Å²) in [5.41, 5.74) is 2.80. The van der Waals surface area contributed by atoms with Gasteiger partial charge in [-0.3, -0.25) is 9.69 Å². The Balaban J connectivity index is 1.59. The lowest BCUT2D eigenvalue weighted by Crippen LogP contribution is -2.50. The largest absolute Gasteiger partial charge is 0.324 e. The average molecular weight is 440 g/mol. The van der Waals surface area contributed by atoms with Crippen molar-refractivity contribution in [1.29, 1.82) is 0 Å². The average Bonchev–Trinajstić information content (AvgIpc) is 2.67. The Morgan fingerprint density at radius 3 is 2.31 bits per heavy atom. The number of benzene rings is 2. The van der Waals surface area contributed by atoms with Crippen molar-refractivity contribution in [3.8, 4) is 0 Å². The van der Waals surface area contributed by atoms with Crippen molar-refractivity contribution in [2.75, 3.05) is 38.0 Å². The maximum absolute atomic E-state index is 13.3. The van der Waals surface area contributed by atoms with Crippen LogP contribution in [0, 0.1) is 19.7 Å². The number of para-hydroxylation sites is 1. The van der Waals surface area contributed by atoms with E-state index in [0.29, 0.717) is 13.1 Å². The van der Waals surface area contributed by atoms with Gasteiger partial charge in [-0.2, -0.15) is 4.31 Å². The second-order valence-electron chi connectivity index (χ2n) is 7.07. The summed E-state index contributed by atoms with van der Waals surface area (Å²) >= 11 is 5.72. The Labute approximate surface area is 175 Å². The van der Waals surface area contributed by atoms with Crippen molar-refractivity contribution >= 4 is 33.2 Å². The second-order valence-corrected chi connectivity index (χ2v) is 9.42. The van der Waals surface area contributed by atoms with Gasteiger partial charge < -0.3 is 5.32 Å². The van der Waals surface area contributed by atoms with Crippen molar-refractivity contribution in [3.63, 3.8) is 0 Å². The van der Waals surface area contributed by atoms with Gasteiger partial charge >= 0.3 is 0 Å². The SMILES string of the molecule is Cc1cccc(C)c1NC(=O)CN1CCN(S(=O)(=O)c2ccc(F)c(Cl)c2)CC1. The number of piperazine rings is 1. The lowest BCUT2D eigenvalue weighted by atomic mass is 10.1. The number of nitrogens with zero attached hydrogens (tertiary/aromatic N) is 2. The first-order valence-electron chi connectivity index (χ1n) is 9.22. The van der Waals surface area contributed by atoms with Gasteiger partial charge in [0.15, 0.2) is 0 Å². The van der Waals surface area contributed by atoms with Crippen LogP contribution in [0.25, 0.3) is 0 Å². The molecule has 6 nitrogen and oxygen atoms in total. The highest BCUT2D eigenvalue weighted by Crippen LogP contribution is 2.23. The molecule has 1 fully saturated rings. The van der Waals surface area contributed by atoms with E-state index in [-0.39, 0.29) is 35.5 Å². The molecule has 0 spiro atoms. The van der Waals surface area contributed by atoms with E-state index >= 15 is 0 Å². The summed E-state index contributed by atoms with van der Waals surface area (Å²) in [7, 11) is -3.76. The van der Waals surface area contributed by atoms with Crippen molar-refractivity contribution < 1.29 is 17.6 Å². The lowest BCUT2D eigenvalue weighted by molar-refractivity contribution is -0.117. The Hall–Kier alpha value is -2.00. The van der Waals surface area contributed by atoms with Crippen LogP contribution in [0.15, 0.2) is 41.3 Å². The van der Waals surface area contributed by atoms with E-state index in [2.05, 4.69) is 5.32 Å². The minimum absolute atomic E-state index is 0.0369. The first-order chi connectivity index (χ1) is 13.7. The maximum atomic E-state index is 13.3. The quantitative estimate of drug-likeness (QED) is 0.777. The molecule has 0 aromatic heterocycles. The molecule has 9 heteroatoms. The summed E-state index contributed by atoms with van der Waals surface area (Å²) in [4.78, 5) is 14.3. The maximum Gasteiger partial charge on any atom is 0.243 e. The van der Waals surface area contributed by atoms with Gasteiger partial charge in [0.2, 0.25) is 15.9 Å². The minimum Gasteiger partial charge on any atom is -0.324 e. The number of aryl methyl sites for hydroxylation is 2. The topological polar surface area (TPSA) is 69.7 Å². The summed E-state index contributed by atoms with van der Waals surface area (Å²) in [5, 5.41) is 2.71. The molecule has 3 rings (SSSR count). The Morgan fingerprint density at radius 2 is 1.72 bits per heavy atom. The Bertz CT molecular complexity index is 1000. The fourth-order valence-electron chi connectivity index (χ4n) is 3.31. The molecule has 1 saturated heterocycles. The fraction of sp³-hybridized carbons (Fsp3) is 0.350. The highest BCUT2D eigenvalue weighted by atomic mass is 35.5. The molecule has 2 aromatic rings. The van der Waals surface area contributed by atoms with Crippen LogP contribution in [-0.4, -0.2) is 56.3 Å². The third kappa shape index (κ3) is 4.95. The van der Waals surface area contributed by atoms with Crippen LogP contribution in [0.4, 0.5) is 10.1 Å². The first kappa shape index (κ1) is 21.7. The number of rotatable bonds is 5. The highest BCUT2D eigenvalue weighted by Gasteiger charge is 2.29. The van der Waals surface area contributed by atoms with Gasteiger partial charge in [-0.05, 0) is 43.2 Å². The standard InChI is InChI=1S/C20H23ClFN3O3S/c1-14-4-3-5-15(2)20(14)23-19(26)13-24-8-10-25(11-9-24)29(27,28)16-6-7-18(22)17(21)12-16/h3-7,12H,8-11,13H2,1-2H3,(H,23,26). The molecule has 1 amide bonds. The zero-order chi connectivity index (χ0) is 21.2. The van der Waals surface area contributed by atoms with E-state index in [1.165, 1.54) is 10.4 Å². The molecule has 0 saturated carbocycles. The molecular formula is C20H23ClFN3O3S. The van der Waals surface area contributed by atoms with Crippen LogP contribution in [0.3, 0.4) is 0 Å². The molecule has 0 aliphatic carbocycles. The number of sulfonamides is 1. The predicted octanol–water partition coefficient (Wildman–Crippen LogP) is 3.04. The predicted molar refractivity (Wildman–Crippen MR) is 111 cm³/mol. The number of carbonyl (C=O) groups is 1. The van der Waals surface area contributed by atoms with Gasteiger partial charge in [0.25, 0.3) is 0 Å². The van der Waals surface area contributed by atoms with Gasteiger partial charge in [0.05, 0.1) is 16.5 Å². The molecule has 1 aliphatic heterocycles. The third-order valence-corrected chi connectivity index (χ3v) is 7.16. The van der Waals surface area contributed by atoms with Crippen LogP contribution >= 0.6 is 11.6 Å². The van der Waals surface area contributed by atoms with Gasteiger partial charge in [-0.25, -0.2) is 12.8 Å². The number of hydrogen-bond donors (Lipinski definition) is 1. The molecular weight excluding hydrogens is 417 g/mol. The molecule has 0 bridgehead atoms. The normalized spacial score (nSPS) is 16.0. The van der Waals surface area contributed by atoms with Crippen LogP contribution in [-0.2, 0) is 14.8 Å². The molecule has 156 valence electrons. The number of anilines is 1. The van der Waals surface area contributed by atoms with Gasteiger partial charge in [0, 0.05) is 31.9 Å². The van der Waals surface area contributed by atoms with E-state index in [4.69, 9.17) is 11.6 Å². The smallest absolute Gasteiger partial charge is 0.243 e. The summed E-state index contributed by atoms with van der Waals surface area (Å²) in [6.45, 7) is 5.40. The highest BCUT2D eigenvalue weighted by molar-refractivity contribution is 7.89. The zero-order valence-corrected chi connectivity index (χ0v) is 17.9. The number of nitrogens with one attached hydrogen (secondary N) is 1. The Kier molecular flexibility index (Phi) is 6.58. The number of amides is 1. The number of carbonyl (C=O) groups excluding carboxylic acids is 1. The van der Waals surface area contributed by atoms with Gasteiger partial charge in [-0.15, -0.1) is 0 Å². The summed E-state index contributed by atoms with van der Waals surface area (Å²) in [6, 6.07) is 9.19. The molecule has 0 unspecified atom stereocenters. The van der Waals surface area contributed by atoms with E-state index in [1.54, 1.807) is 0 Å². The van der Waals surface area contributed by atoms with Crippen molar-refractivity contribution in [2.45, 2.75) is 18.7 Å². The molecule has 0 radical (unpaired) electrons. The van der Waals surface area contributed by atoms with E-state index in [1.807, 2.05) is 36.9 Å². The van der Waals surface area contributed by atoms with Gasteiger partial charge in [0.1, 0.15) is 5.82 Å². The first-order valence-corrected chi connectivity index (χ1v) is 11.0. The van der Waals surface area contributed by atoms with E-state index in [0.717, 1.165) is 28.9 Å². The molecule has 1 aliphatic rings. The number of halogens is 2. The monoisotopic (exact) mass is 439 g/mol. The van der Waals surface area contributed by atoms with Crippen LogP contribution in [0.5, 0.6) is 0 Å². The molecule has 29 heavy (non-hydrogen) atoms. The lowest BCUT2D eigenvalue weighted by Gasteiger charge is -2.33. The summed E-state index contributed by atoms with van der Waals surface area (Å²) < 4.78 is 40.1. The van der Waals surface area contributed by atoms with Gasteiger partial charge in [-0.1, -0.05) is 29.8 Å². The van der Waals surface area contributed by atoms with Crippen LogP contribution in [0.2, 0.25) is 5.02 Å². The van der Waals surface area contributed by atoms with Crippen molar-refractivity contribution in [1.82, 2.24) is 9.21 Å². The molecule has 0 atom stereocenters. The van der Waals surface area contributed by atoms with Crippen LogP contribution in [0.1, 0.15) is 11.1 Å². The summed E-state index contributed by atoms with van der Waals surface area (Å²) in [6.07, 6.45) is 0. The fourth-order valence-corrected chi connectivity index (χ4v) is 5.00. The van der Waals surface area contributed by atoms with Crippen molar-refractivity contribution in [3.05, 3.63) is 58.4 Å². The van der Waals surface area contributed by atoms with Crippen molar-refractivity contribution in [2.24, 2.45) is 0 Å². The molecule has 2 aromatic carbocycles.